The Kier molecular flexibility index (Phi) is 2.84. The molecule has 0 unspecified atom stereocenters. The normalized spacial score (nSPS) is 12.0. The lowest BCUT2D eigenvalue weighted by molar-refractivity contribution is 0.421. The first-order chi connectivity index (χ1) is 12.8. The fraction of sp³-hybridized carbons (Fsp3) is 0.0476. The third-order valence-electron chi connectivity index (χ3n) is 4.76. The van der Waals surface area contributed by atoms with E-state index in [-0.39, 0.29) is 0 Å². The van der Waals surface area contributed by atoms with Crippen molar-refractivity contribution in [2.24, 2.45) is 0 Å². The molecule has 5 heteroatoms. The lowest BCUT2D eigenvalue weighted by Gasteiger charge is -1.98. The number of thiophene rings is 2. The smallest absolute Gasteiger partial charge is 0.192 e. The minimum absolute atomic E-state index is 0.872. The van der Waals surface area contributed by atoms with Gasteiger partial charge in [-0.15, -0.1) is 11.3 Å². The summed E-state index contributed by atoms with van der Waals surface area (Å²) in [6.45, 7) is 0. The largest absolute Gasteiger partial charge is 0.495 e. The molecule has 26 heavy (non-hydrogen) atoms. The number of hydrogen-bond donors (Lipinski definition) is 0. The van der Waals surface area contributed by atoms with E-state index in [0.29, 0.717) is 0 Å². The first-order valence-corrected chi connectivity index (χ1v) is 9.90. The lowest BCUT2D eigenvalue weighted by Crippen LogP contribution is -1.78. The summed E-state index contributed by atoms with van der Waals surface area (Å²) in [5, 5.41) is 6.47. The molecule has 4 aromatic heterocycles. The van der Waals surface area contributed by atoms with Gasteiger partial charge in [-0.25, -0.2) is 0 Å². The Balaban J connectivity index is 1.55. The average molecular weight is 376 g/mol. The van der Waals surface area contributed by atoms with Gasteiger partial charge in [-0.1, -0.05) is 35.6 Å². The van der Waals surface area contributed by atoms with E-state index >= 15 is 0 Å². The molecular weight excluding hydrogens is 364 g/mol. The Morgan fingerprint density at radius 1 is 0.846 bits per heavy atom. The molecule has 0 aliphatic rings. The maximum absolute atomic E-state index is 6.04. The van der Waals surface area contributed by atoms with Crippen molar-refractivity contribution in [2.75, 3.05) is 7.11 Å². The van der Waals surface area contributed by atoms with E-state index in [1.807, 2.05) is 23.6 Å². The Bertz CT molecular complexity index is 1430. The van der Waals surface area contributed by atoms with Crippen LogP contribution >= 0.6 is 22.7 Å². The van der Waals surface area contributed by atoms with Gasteiger partial charge >= 0.3 is 0 Å². The Morgan fingerprint density at radius 3 is 2.65 bits per heavy atom. The van der Waals surface area contributed by atoms with E-state index in [0.717, 1.165) is 48.4 Å². The first kappa shape index (κ1) is 14.4. The van der Waals surface area contributed by atoms with Crippen molar-refractivity contribution in [3.05, 3.63) is 53.9 Å². The second-order valence-corrected chi connectivity index (χ2v) is 8.05. The monoisotopic (exact) mass is 376 g/mol. The van der Waals surface area contributed by atoms with Crippen molar-refractivity contribution in [1.82, 2.24) is 0 Å². The first-order valence-electron chi connectivity index (χ1n) is 8.21. The number of ether oxygens (including phenoxy) is 1. The van der Waals surface area contributed by atoms with Gasteiger partial charge in [-0.3, -0.25) is 0 Å². The predicted molar refractivity (Wildman–Crippen MR) is 109 cm³/mol. The number of para-hydroxylation sites is 1. The molecule has 0 amide bonds. The van der Waals surface area contributed by atoms with Gasteiger partial charge in [0.05, 0.1) is 12.5 Å². The van der Waals surface area contributed by atoms with Crippen LogP contribution in [0.25, 0.3) is 52.9 Å². The molecule has 0 atom stereocenters. The second kappa shape index (κ2) is 5.13. The Hall–Kier alpha value is -2.76. The summed E-state index contributed by atoms with van der Waals surface area (Å²) in [4.78, 5) is 3.04. The Labute approximate surface area is 156 Å². The van der Waals surface area contributed by atoms with Crippen LogP contribution in [-0.4, -0.2) is 7.11 Å². The van der Waals surface area contributed by atoms with Gasteiger partial charge in [-0.05, 0) is 29.8 Å². The number of furan rings is 2. The summed E-state index contributed by atoms with van der Waals surface area (Å²) in [5.74, 6) is 0.872. The molecule has 0 radical (unpaired) electrons. The highest BCUT2D eigenvalue weighted by Crippen LogP contribution is 2.43. The highest BCUT2D eigenvalue weighted by Gasteiger charge is 2.16. The van der Waals surface area contributed by atoms with Crippen LogP contribution in [0, 0.1) is 0 Å². The molecule has 6 rings (SSSR count). The van der Waals surface area contributed by atoms with Crippen LogP contribution in [0.3, 0.4) is 0 Å². The molecule has 0 N–H and O–H groups in total. The van der Waals surface area contributed by atoms with Crippen molar-refractivity contribution in [2.45, 2.75) is 0 Å². The zero-order valence-electron chi connectivity index (χ0n) is 13.7. The van der Waals surface area contributed by atoms with Crippen molar-refractivity contribution >= 4 is 65.2 Å². The highest BCUT2D eigenvalue weighted by atomic mass is 32.1. The number of rotatable bonds is 2. The standard InChI is InChI=1S/C21H12O3S2/c1-22-17-10-25-21-19(17)13-7-6-11(8-16(13)24-21)18-9-14-12-4-2-3-5-15(12)23-20(14)26-18/h2-10H,1H3. The maximum Gasteiger partial charge on any atom is 0.192 e. The number of benzene rings is 2. The van der Waals surface area contributed by atoms with Crippen LogP contribution in [0.4, 0.5) is 0 Å². The summed E-state index contributed by atoms with van der Waals surface area (Å²) in [5.41, 5.74) is 2.96. The van der Waals surface area contributed by atoms with Crippen LogP contribution in [0.1, 0.15) is 0 Å². The Morgan fingerprint density at radius 2 is 1.73 bits per heavy atom. The van der Waals surface area contributed by atoms with E-state index in [2.05, 4.69) is 30.3 Å². The molecule has 0 aliphatic heterocycles. The van der Waals surface area contributed by atoms with Gasteiger partial charge in [0.2, 0.25) is 0 Å². The molecule has 6 aromatic rings. The molecule has 2 aromatic carbocycles. The lowest BCUT2D eigenvalue weighted by atomic mass is 10.1. The van der Waals surface area contributed by atoms with Crippen molar-refractivity contribution in [3.8, 4) is 16.2 Å². The maximum atomic E-state index is 6.04. The quantitative estimate of drug-likeness (QED) is 0.318. The van der Waals surface area contributed by atoms with Crippen LogP contribution in [0.5, 0.6) is 5.75 Å². The molecule has 0 bridgehead atoms. The summed E-state index contributed by atoms with van der Waals surface area (Å²) >= 11 is 3.24. The highest BCUT2D eigenvalue weighted by molar-refractivity contribution is 7.21. The molecule has 0 saturated carbocycles. The molecule has 0 saturated heterocycles. The molecule has 4 heterocycles. The van der Waals surface area contributed by atoms with E-state index < -0.39 is 0 Å². The summed E-state index contributed by atoms with van der Waals surface area (Å²) in [6, 6.07) is 16.7. The van der Waals surface area contributed by atoms with Gasteiger partial charge < -0.3 is 13.6 Å². The van der Waals surface area contributed by atoms with E-state index in [1.165, 1.54) is 10.3 Å². The van der Waals surface area contributed by atoms with Gasteiger partial charge in [0.25, 0.3) is 0 Å². The minimum Gasteiger partial charge on any atom is -0.495 e. The van der Waals surface area contributed by atoms with Gasteiger partial charge in [-0.2, -0.15) is 0 Å². The molecule has 0 aliphatic carbocycles. The van der Waals surface area contributed by atoms with E-state index in [9.17, 15) is 0 Å². The molecule has 3 nitrogen and oxygen atoms in total. The molecule has 126 valence electrons. The molecular formula is C21H12O3S2. The van der Waals surface area contributed by atoms with Crippen molar-refractivity contribution in [1.29, 1.82) is 0 Å². The van der Waals surface area contributed by atoms with Crippen LogP contribution < -0.4 is 4.74 Å². The van der Waals surface area contributed by atoms with Crippen LogP contribution in [0.2, 0.25) is 0 Å². The number of fused-ring (bicyclic) bond motifs is 6. The topological polar surface area (TPSA) is 35.5 Å². The van der Waals surface area contributed by atoms with Crippen molar-refractivity contribution < 1.29 is 13.6 Å². The van der Waals surface area contributed by atoms with Gasteiger partial charge in [0, 0.05) is 26.4 Å². The van der Waals surface area contributed by atoms with Crippen molar-refractivity contribution in [3.63, 3.8) is 0 Å². The number of hydrogen-bond acceptors (Lipinski definition) is 5. The second-order valence-electron chi connectivity index (χ2n) is 6.19. The zero-order chi connectivity index (χ0) is 17.3. The predicted octanol–water partition coefficient (Wildman–Crippen LogP) is 7.28. The third kappa shape index (κ3) is 1.87. The SMILES string of the molecule is COc1csc2oc3cc(-c4cc5c(oc6ccccc65)s4)ccc3c12. The molecule has 0 fully saturated rings. The van der Waals surface area contributed by atoms with Crippen LogP contribution in [-0.2, 0) is 0 Å². The average Bonchev–Trinajstić information content (AvgIpc) is 3.39. The van der Waals surface area contributed by atoms with Gasteiger partial charge in [0.15, 0.2) is 9.79 Å². The van der Waals surface area contributed by atoms with E-state index in [4.69, 9.17) is 13.6 Å². The van der Waals surface area contributed by atoms with Crippen LogP contribution in [0.15, 0.2) is 62.7 Å². The summed E-state index contributed by atoms with van der Waals surface area (Å²) in [7, 11) is 1.69. The molecule has 0 spiro atoms. The van der Waals surface area contributed by atoms with E-state index in [1.54, 1.807) is 29.8 Å². The minimum atomic E-state index is 0.872. The third-order valence-corrected chi connectivity index (χ3v) is 6.66. The fourth-order valence-corrected chi connectivity index (χ4v) is 5.44. The fourth-order valence-electron chi connectivity index (χ4n) is 3.52. The zero-order valence-corrected chi connectivity index (χ0v) is 15.4. The summed E-state index contributed by atoms with van der Waals surface area (Å²) in [6.07, 6.45) is 0. The van der Waals surface area contributed by atoms with Gasteiger partial charge in [0.1, 0.15) is 16.9 Å². The number of methoxy groups -OCH3 is 1. The summed E-state index contributed by atoms with van der Waals surface area (Å²) < 4.78 is 17.5.